The van der Waals surface area contributed by atoms with Crippen molar-refractivity contribution >= 4 is 78.0 Å². The van der Waals surface area contributed by atoms with Crippen LogP contribution < -0.4 is 25.5 Å². The van der Waals surface area contributed by atoms with Crippen LogP contribution in [0, 0.1) is 6.92 Å². The number of anilines is 6. The summed E-state index contributed by atoms with van der Waals surface area (Å²) in [7, 11) is 0. The quantitative estimate of drug-likeness (QED) is 0.163. The Morgan fingerprint density at radius 1 is 0.440 bits per heavy atom. The van der Waals surface area contributed by atoms with E-state index in [0.29, 0.717) is 5.56 Å². The minimum atomic E-state index is -0.374. The van der Waals surface area contributed by atoms with Crippen molar-refractivity contribution in [1.82, 2.24) is 0 Å². The lowest BCUT2D eigenvalue weighted by molar-refractivity contribution is 0.332. The van der Waals surface area contributed by atoms with Gasteiger partial charge in [-0.3, -0.25) is 0 Å². The van der Waals surface area contributed by atoms with Crippen molar-refractivity contribution < 1.29 is 6.85 Å². The monoisotopic (exact) mass is 1010 g/mol. The van der Waals surface area contributed by atoms with E-state index >= 15 is 0 Å². The molecule has 0 radical (unpaired) electrons. The first kappa shape index (κ1) is 44.0. The molecule has 2 aliphatic heterocycles. The maximum atomic E-state index is 9.74. The van der Waals surface area contributed by atoms with Crippen molar-refractivity contribution in [1.29, 1.82) is 0 Å². The molecule has 7 aromatic rings. The number of aryl methyl sites for hydroxylation is 1. The third-order valence-electron chi connectivity index (χ3n) is 20.8. The molecular formula is C71H83BN2S. The van der Waals surface area contributed by atoms with E-state index < -0.39 is 0 Å². The summed E-state index contributed by atoms with van der Waals surface area (Å²) in [6, 6.07) is 26.0. The van der Waals surface area contributed by atoms with Gasteiger partial charge >= 0.3 is 0 Å². The van der Waals surface area contributed by atoms with E-state index in [-0.39, 0.29) is 85.8 Å². The smallest absolute Gasteiger partial charge is 0.264 e. The predicted molar refractivity (Wildman–Crippen MR) is 327 cm³/mol. The van der Waals surface area contributed by atoms with E-state index in [9.17, 15) is 5.48 Å². The van der Waals surface area contributed by atoms with E-state index in [1.807, 2.05) is 11.3 Å². The molecule has 6 aromatic carbocycles. The summed E-state index contributed by atoms with van der Waals surface area (Å²) in [5.74, 6) is 0. The van der Waals surface area contributed by atoms with Crippen LogP contribution in [0.1, 0.15) is 219 Å². The molecule has 13 rings (SSSR count). The van der Waals surface area contributed by atoms with Crippen LogP contribution in [0.25, 0.3) is 21.2 Å². The molecule has 0 spiro atoms. The third-order valence-corrected chi connectivity index (χ3v) is 22.0. The highest BCUT2D eigenvalue weighted by atomic mass is 32.1. The van der Waals surface area contributed by atoms with Crippen molar-refractivity contribution in [3.8, 4) is 11.1 Å². The molecule has 0 N–H and O–H groups in total. The minimum Gasteiger partial charge on any atom is -0.311 e. The zero-order chi connectivity index (χ0) is 57.5. The van der Waals surface area contributed by atoms with Gasteiger partial charge in [0.15, 0.2) is 0 Å². The molecule has 4 aliphatic carbocycles. The average molecular weight is 1010 g/mol. The number of rotatable bonds is 3. The van der Waals surface area contributed by atoms with Gasteiger partial charge in [0.2, 0.25) is 0 Å². The number of nitrogens with zero attached hydrogens (tertiary/aromatic N) is 2. The van der Waals surface area contributed by atoms with Crippen LogP contribution in [-0.4, -0.2) is 6.71 Å². The highest BCUT2D eigenvalue weighted by Crippen LogP contribution is 2.58. The average Bonchev–Trinajstić information content (AvgIpc) is 3.76. The van der Waals surface area contributed by atoms with Crippen LogP contribution >= 0.6 is 11.3 Å². The summed E-state index contributed by atoms with van der Waals surface area (Å²) in [6.07, 6.45) is 8.69. The Balaban J connectivity index is 1.21. The molecule has 0 fully saturated rings. The number of hydrogen-bond donors (Lipinski definition) is 0. The normalized spacial score (nSPS) is 22.9. The molecule has 75 heavy (non-hydrogen) atoms. The van der Waals surface area contributed by atoms with Gasteiger partial charge in [-0.25, -0.2) is 0 Å². The zero-order valence-electron chi connectivity index (χ0n) is 53.4. The summed E-state index contributed by atoms with van der Waals surface area (Å²) in [6.45, 7) is 40.8. The molecular weight excluding hydrogens is 924 g/mol. The number of thiophene rings is 1. The molecule has 4 heteroatoms. The molecule has 386 valence electrons. The maximum Gasteiger partial charge on any atom is 0.264 e. The highest BCUT2D eigenvalue weighted by Gasteiger charge is 2.50. The summed E-state index contributed by atoms with van der Waals surface area (Å²) in [5.41, 5.74) is 21.8. The van der Waals surface area contributed by atoms with E-state index in [0.717, 1.165) is 74.0 Å². The van der Waals surface area contributed by atoms with Gasteiger partial charge in [0.05, 0.1) is 18.2 Å². The lowest BCUT2D eigenvalue weighted by Crippen LogP contribution is -2.61. The maximum absolute atomic E-state index is 9.74. The Bertz CT molecular complexity index is 3870. The Morgan fingerprint density at radius 3 is 1.43 bits per heavy atom. The predicted octanol–water partition coefficient (Wildman–Crippen LogP) is 18.4. The molecule has 0 bridgehead atoms. The Hall–Kier alpha value is -5.06. The summed E-state index contributed by atoms with van der Waals surface area (Å²) in [5, 5.41) is 1.33. The molecule has 0 saturated heterocycles. The van der Waals surface area contributed by atoms with Crippen LogP contribution in [0.2, 0.25) is 0 Å². The molecule has 0 unspecified atom stereocenters. The van der Waals surface area contributed by atoms with E-state index in [1.54, 1.807) is 0 Å². The van der Waals surface area contributed by atoms with Gasteiger partial charge in [-0.15, -0.1) is 11.3 Å². The third kappa shape index (κ3) is 7.15. The molecule has 2 nitrogen and oxygen atoms in total. The molecule has 6 aliphatic rings. The van der Waals surface area contributed by atoms with Gasteiger partial charge in [0.1, 0.15) is 0 Å². The summed E-state index contributed by atoms with van der Waals surface area (Å²) < 4.78 is 49.3. The molecule has 0 amide bonds. The standard InChI is InChI=1S/C71H83BN2S/c1-42-33-58-61-59(34-42)74(56-39-52-49(66(6,7)27-30-69(52,12)13)36-45(56)43-21-19-18-20-22-43)57-40-53-51(68(10,11)29-31-70(53,14)15)38-55(57)72(61)63-62(46-37-50-54(41-60(46)75-63)71(16,17)32-28-67(50,8)9)73(58)44-23-24-47-48(35-44)65(4,5)26-25-64(47,2)3/h18-24,33-41H,25-32H2,1-17H3/i18D,19D,20D,21D,22D. The highest BCUT2D eigenvalue weighted by molar-refractivity contribution is 7.33. The number of fused-ring (bicyclic) bond motifs is 10. The van der Waals surface area contributed by atoms with Crippen molar-refractivity contribution in [3.05, 3.63) is 147 Å². The van der Waals surface area contributed by atoms with Gasteiger partial charge in [0.25, 0.3) is 6.71 Å². The largest absolute Gasteiger partial charge is 0.311 e. The molecule has 1 aromatic heterocycles. The second-order valence-corrected chi connectivity index (χ2v) is 30.8. The van der Waals surface area contributed by atoms with Crippen LogP contribution in [0.15, 0.2) is 96.9 Å². The zero-order valence-corrected chi connectivity index (χ0v) is 49.2. The van der Waals surface area contributed by atoms with Crippen molar-refractivity contribution in [2.75, 3.05) is 9.80 Å². The first-order valence-electron chi connectivity index (χ1n) is 31.1. The van der Waals surface area contributed by atoms with E-state index in [4.69, 9.17) is 1.37 Å². The number of hydrogen-bond acceptors (Lipinski definition) is 3. The summed E-state index contributed by atoms with van der Waals surface area (Å²) >= 11 is 2.00. The lowest BCUT2D eigenvalue weighted by atomic mass is 9.35. The SMILES string of the molecule is [2H]c1c([2H])c([2H])c(-c2cc3c(cc2N2c4cc5c(cc4B4c6sc7cc8c(cc7c6N(c6ccc7c(c6)C(C)(C)CCC7(C)C)c6cc(C)cc2c64)C(C)(C)CCC8(C)C)C(C)(C)CCC5(C)C)C(C)(C)CCC3(C)C)c([2H])c1[2H]. The minimum absolute atomic E-state index is 0.0105. The van der Waals surface area contributed by atoms with Gasteiger partial charge in [-0.05, 0) is 223 Å². The fourth-order valence-corrected chi connectivity index (χ4v) is 16.7. The Kier molecular flexibility index (Phi) is 9.13. The topological polar surface area (TPSA) is 6.48 Å². The van der Waals surface area contributed by atoms with Gasteiger partial charge in [-0.1, -0.05) is 153 Å². The fraction of sp³-hybridized carbons (Fsp3) is 0.465. The van der Waals surface area contributed by atoms with Gasteiger partial charge in [0, 0.05) is 43.2 Å². The van der Waals surface area contributed by atoms with Gasteiger partial charge < -0.3 is 9.80 Å². The first-order chi connectivity index (χ1) is 37.1. The fourth-order valence-electron chi connectivity index (χ4n) is 15.4. The number of benzene rings is 6. The van der Waals surface area contributed by atoms with Crippen LogP contribution in [0.4, 0.5) is 34.1 Å². The second-order valence-electron chi connectivity index (χ2n) is 29.7. The van der Waals surface area contributed by atoms with Crippen LogP contribution in [0.3, 0.4) is 0 Å². The van der Waals surface area contributed by atoms with Crippen molar-refractivity contribution in [2.45, 2.75) is 212 Å². The second kappa shape index (κ2) is 15.6. The van der Waals surface area contributed by atoms with Crippen molar-refractivity contribution in [3.63, 3.8) is 0 Å². The molecule has 3 heterocycles. The molecule has 0 saturated carbocycles. The molecule has 0 atom stereocenters. The van der Waals surface area contributed by atoms with Crippen LogP contribution in [0.5, 0.6) is 0 Å². The first-order valence-corrected chi connectivity index (χ1v) is 29.4. The van der Waals surface area contributed by atoms with E-state index in [2.05, 4.69) is 194 Å². The van der Waals surface area contributed by atoms with Crippen LogP contribution in [-0.2, 0) is 43.3 Å². The van der Waals surface area contributed by atoms with Gasteiger partial charge in [-0.2, -0.15) is 0 Å². The van der Waals surface area contributed by atoms with Crippen molar-refractivity contribution in [2.24, 2.45) is 0 Å². The Morgan fingerprint density at radius 2 is 0.880 bits per heavy atom. The summed E-state index contributed by atoms with van der Waals surface area (Å²) in [4.78, 5) is 5.19. The van der Waals surface area contributed by atoms with E-state index in [1.165, 1.54) is 87.4 Å². The Labute approximate surface area is 462 Å². The lowest BCUT2D eigenvalue weighted by Gasteiger charge is -2.48.